The van der Waals surface area contributed by atoms with Crippen LogP contribution in [0.15, 0.2) is 24.3 Å². The lowest BCUT2D eigenvalue weighted by molar-refractivity contribution is -0.364. The highest BCUT2D eigenvalue weighted by molar-refractivity contribution is 5.94. The zero-order valence-corrected chi connectivity index (χ0v) is 26.5. The zero-order valence-electron chi connectivity index (χ0n) is 26.5. The minimum Gasteiger partial charge on any atom is -0.496 e. The van der Waals surface area contributed by atoms with E-state index >= 15 is 0 Å². The summed E-state index contributed by atoms with van der Waals surface area (Å²) in [7, 11) is 8.56. The molecular weight excluding hydrogens is 576 g/mol. The van der Waals surface area contributed by atoms with Gasteiger partial charge in [-0.25, -0.2) is 9.59 Å². The molecule has 0 aliphatic heterocycles. The van der Waals surface area contributed by atoms with E-state index < -0.39 is 11.9 Å². The first kappa shape index (κ1) is 36.3. The molecule has 0 saturated heterocycles. The van der Waals surface area contributed by atoms with Crippen molar-refractivity contribution < 1.29 is 57.6 Å². The Hall–Kier alpha value is -3.90. The van der Waals surface area contributed by atoms with Crippen LogP contribution in [0.2, 0.25) is 0 Å². The van der Waals surface area contributed by atoms with Crippen LogP contribution >= 0.6 is 0 Å². The van der Waals surface area contributed by atoms with Crippen LogP contribution in [0.5, 0.6) is 34.5 Å². The first-order valence-corrected chi connectivity index (χ1v) is 14.4. The predicted octanol–water partition coefficient (Wildman–Crippen LogP) is 6.84. The van der Waals surface area contributed by atoms with Crippen LogP contribution in [-0.2, 0) is 19.6 Å². The van der Waals surface area contributed by atoms with E-state index in [0.29, 0.717) is 17.9 Å². The quantitative estimate of drug-likeness (QED) is 0.0777. The number of hydrogen-bond donors (Lipinski definition) is 0. The van der Waals surface area contributed by atoms with E-state index in [2.05, 4.69) is 6.92 Å². The number of carbonyl (C=O) groups excluding carboxylic acids is 2. The number of hydrogen-bond acceptors (Lipinski definition) is 12. The molecule has 244 valence electrons. The van der Waals surface area contributed by atoms with E-state index in [-0.39, 0.29) is 46.8 Å². The molecular formula is C32H44O12. The van der Waals surface area contributed by atoms with Gasteiger partial charge in [0.2, 0.25) is 0 Å². The van der Waals surface area contributed by atoms with Crippen molar-refractivity contribution in [1.82, 2.24) is 0 Å². The van der Waals surface area contributed by atoms with Crippen molar-refractivity contribution in [3.05, 3.63) is 48.6 Å². The van der Waals surface area contributed by atoms with Gasteiger partial charge in [0.1, 0.15) is 22.6 Å². The lowest BCUT2D eigenvalue weighted by Crippen LogP contribution is -2.17. The molecule has 2 aromatic rings. The van der Waals surface area contributed by atoms with Crippen LogP contribution in [0.1, 0.15) is 84.9 Å². The maximum Gasteiger partial charge on any atom is 0.377 e. The summed E-state index contributed by atoms with van der Waals surface area (Å²) in [5, 5.41) is 0. The average Bonchev–Trinajstić information content (AvgIpc) is 3.06. The molecule has 0 aliphatic rings. The number of unbranched alkanes of at least 4 members (excludes halogenated alkanes) is 8. The fourth-order valence-electron chi connectivity index (χ4n) is 4.24. The van der Waals surface area contributed by atoms with Crippen LogP contribution < -0.4 is 28.4 Å². The third-order valence-electron chi connectivity index (χ3n) is 6.65. The minimum absolute atomic E-state index is 0.00964. The van der Waals surface area contributed by atoms with Gasteiger partial charge in [0.25, 0.3) is 0 Å². The van der Waals surface area contributed by atoms with Gasteiger partial charge in [0.05, 0.1) is 42.7 Å². The van der Waals surface area contributed by atoms with Crippen LogP contribution in [-0.4, -0.2) is 54.6 Å². The van der Waals surface area contributed by atoms with Crippen LogP contribution in [0.25, 0.3) is 0 Å². The smallest absolute Gasteiger partial charge is 0.377 e. The Bertz CT molecular complexity index is 1090. The van der Waals surface area contributed by atoms with Crippen LogP contribution in [0.4, 0.5) is 0 Å². The molecule has 44 heavy (non-hydrogen) atoms. The topological polar surface area (TPSA) is 126 Å². The largest absolute Gasteiger partial charge is 0.496 e. The van der Waals surface area contributed by atoms with Gasteiger partial charge in [0, 0.05) is 30.7 Å². The van der Waals surface area contributed by atoms with Gasteiger partial charge < -0.3 is 28.4 Å². The molecule has 0 aliphatic carbocycles. The summed E-state index contributed by atoms with van der Waals surface area (Å²) >= 11 is 0. The van der Waals surface area contributed by atoms with E-state index in [1.165, 1.54) is 79.8 Å². The minimum atomic E-state index is -0.904. The summed E-state index contributed by atoms with van der Waals surface area (Å²) in [5.74, 6) is -0.191. The Labute approximate surface area is 259 Å². The molecule has 12 heteroatoms. The Morgan fingerprint density at radius 3 is 1.18 bits per heavy atom. The summed E-state index contributed by atoms with van der Waals surface area (Å²) in [6.45, 7) is 3.87. The highest BCUT2D eigenvalue weighted by atomic mass is 17.3. The van der Waals surface area contributed by atoms with Gasteiger partial charge >= 0.3 is 18.2 Å². The van der Waals surface area contributed by atoms with E-state index in [4.69, 9.17) is 48.0 Å². The van der Waals surface area contributed by atoms with Gasteiger partial charge in [-0.05, 0) is 6.42 Å². The van der Waals surface area contributed by atoms with Crippen molar-refractivity contribution in [2.24, 2.45) is 0 Å². The lowest BCUT2D eigenvalue weighted by Gasteiger charge is -2.16. The summed E-state index contributed by atoms with van der Waals surface area (Å²) in [5.41, 5.74) is 0.0193. The maximum absolute atomic E-state index is 12.9. The predicted molar refractivity (Wildman–Crippen MR) is 160 cm³/mol. The van der Waals surface area contributed by atoms with Gasteiger partial charge in [-0.2, -0.15) is 0 Å². The third kappa shape index (κ3) is 11.0. The van der Waals surface area contributed by atoms with E-state index in [0.717, 1.165) is 38.5 Å². The average molecular weight is 621 g/mol. The second-order valence-electron chi connectivity index (χ2n) is 9.53. The molecule has 0 atom stereocenters. The Balaban J connectivity index is 2.10. The highest BCUT2D eigenvalue weighted by Crippen LogP contribution is 2.36. The normalized spacial score (nSPS) is 10.7. The molecule has 12 nitrogen and oxygen atoms in total. The molecule has 0 unspecified atom stereocenters. The van der Waals surface area contributed by atoms with Gasteiger partial charge in [-0.15, -0.1) is 9.78 Å². The molecule has 0 saturated carbocycles. The van der Waals surface area contributed by atoms with Crippen molar-refractivity contribution >= 4 is 11.9 Å². The van der Waals surface area contributed by atoms with Crippen molar-refractivity contribution in [2.75, 3.05) is 42.7 Å². The highest BCUT2D eigenvalue weighted by Gasteiger charge is 2.26. The zero-order chi connectivity index (χ0) is 32.3. The summed E-state index contributed by atoms with van der Waals surface area (Å²) < 4.78 is 31.7. The molecule has 0 spiro atoms. The molecule has 0 amide bonds. The first-order valence-electron chi connectivity index (χ1n) is 14.4. The Kier molecular flexibility index (Phi) is 16.6. The van der Waals surface area contributed by atoms with Gasteiger partial charge in [-0.3, -0.25) is 9.78 Å². The number of carbonyl (C=O) groups is 2. The second-order valence-corrected chi connectivity index (χ2v) is 9.53. The summed E-state index contributed by atoms with van der Waals surface area (Å²) in [6.07, 6.45) is 9.18. The van der Waals surface area contributed by atoms with Crippen LogP contribution in [0.3, 0.4) is 0 Å². The fraction of sp³-hybridized carbons (Fsp3) is 0.500. The van der Waals surface area contributed by atoms with E-state index in [1.807, 2.05) is 0 Å². The second kappa shape index (κ2) is 20.1. The standard InChI is InChI=1S/C32H44O12/c1-8-9-10-11-12-13-14-15-16-17-30(41-43-31(33)22-18-26(37-4)28(39-6)20-24(22)35-2)42-44-32(34)23-19-27(38-5)29(40-7)21-25(23)36-3/h18-21H,1,8-17H2,2-7H3. The van der Waals surface area contributed by atoms with Gasteiger partial charge in [-0.1, -0.05) is 58.3 Å². The lowest BCUT2D eigenvalue weighted by atomic mass is 10.1. The molecule has 2 aromatic carbocycles. The number of methoxy groups -OCH3 is 6. The first-order chi connectivity index (χ1) is 21.4. The monoisotopic (exact) mass is 620 g/mol. The van der Waals surface area contributed by atoms with Crippen molar-refractivity contribution in [3.8, 4) is 34.5 Å². The molecule has 0 N–H and O–H groups in total. The molecule has 2 radical (unpaired) electrons. The van der Waals surface area contributed by atoms with Crippen molar-refractivity contribution in [3.63, 3.8) is 0 Å². The fourth-order valence-corrected chi connectivity index (χ4v) is 4.24. The van der Waals surface area contributed by atoms with Crippen LogP contribution in [0, 0.1) is 13.2 Å². The number of benzene rings is 2. The Morgan fingerprint density at radius 2 is 0.818 bits per heavy atom. The number of rotatable bonds is 22. The van der Waals surface area contributed by atoms with Crippen molar-refractivity contribution in [2.45, 2.75) is 64.2 Å². The van der Waals surface area contributed by atoms with Gasteiger partial charge in [0.15, 0.2) is 23.0 Å². The summed E-state index contributed by atoms with van der Waals surface area (Å²) in [4.78, 5) is 46.5. The SMILES string of the molecule is [CH2]CCCCCCCCCC[C](OOC(=O)c1cc(OC)c(OC)cc1OC)OOC(=O)c1cc(OC)c(OC)cc1OC. The maximum atomic E-state index is 12.9. The molecule has 0 bridgehead atoms. The third-order valence-corrected chi connectivity index (χ3v) is 6.65. The Morgan fingerprint density at radius 1 is 0.477 bits per heavy atom. The molecule has 0 fully saturated rings. The molecule has 2 rings (SSSR count). The van der Waals surface area contributed by atoms with Crippen molar-refractivity contribution in [1.29, 1.82) is 0 Å². The van der Waals surface area contributed by atoms with E-state index in [1.54, 1.807) is 0 Å². The summed E-state index contributed by atoms with van der Waals surface area (Å²) in [6, 6.07) is 5.75. The molecule has 0 heterocycles. The number of ether oxygens (including phenoxy) is 6. The van der Waals surface area contributed by atoms with E-state index in [9.17, 15) is 9.59 Å². The molecule has 0 aromatic heterocycles.